The summed E-state index contributed by atoms with van der Waals surface area (Å²) >= 11 is 0. The van der Waals surface area contributed by atoms with Gasteiger partial charge in [-0.2, -0.15) is 0 Å². The van der Waals surface area contributed by atoms with Gasteiger partial charge in [0.1, 0.15) is 12.4 Å². The molecule has 0 N–H and O–H groups in total. The van der Waals surface area contributed by atoms with Gasteiger partial charge in [0, 0.05) is 26.0 Å². The van der Waals surface area contributed by atoms with Crippen LogP contribution in [0.1, 0.15) is 64.8 Å². The summed E-state index contributed by atoms with van der Waals surface area (Å²) < 4.78 is 16.8. The molecule has 0 heterocycles. The highest BCUT2D eigenvalue weighted by molar-refractivity contribution is 5.75. The highest BCUT2D eigenvalue weighted by atomic mass is 16.6. The van der Waals surface area contributed by atoms with Gasteiger partial charge in [0.25, 0.3) is 0 Å². The average Bonchev–Trinajstić information content (AvgIpc) is 3.31. The van der Waals surface area contributed by atoms with E-state index in [9.17, 15) is 4.79 Å². The lowest BCUT2D eigenvalue weighted by molar-refractivity contribution is -0.154. The summed E-state index contributed by atoms with van der Waals surface area (Å²) in [4.78, 5) is 14.6. The Hall–Kier alpha value is -4.71. The van der Waals surface area contributed by atoms with Gasteiger partial charge in [-0.15, -0.1) is 0 Å². The fourth-order valence-electron chi connectivity index (χ4n) is 6.98. The predicted molar refractivity (Wildman–Crippen MR) is 197 cm³/mol. The van der Waals surface area contributed by atoms with Crippen molar-refractivity contribution in [1.82, 2.24) is 4.90 Å². The number of nitrogens with zero attached hydrogens (tertiary/aromatic N) is 1. The number of rotatable bonds is 13. The number of ether oxygens (including phenoxy) is 3. The molecule has 5 heteroatoms. The van der Waals surface area contributed by atoms with E-state index in [0.29, 0.717) is 25.6 Å². The Morgan fingerprint density at radius 2 is 1.49 bits per heavy atom. The molecular formula is C44H47NO4. The minimum atomic E-state index is -0.620. The standard InChI is InChI=1S/C44H47NO4/c1-5-48-44(46)42(47-4)28-32-16-23-39(24-17-32)49-27-26-45(3)43-40-25-22-37(34-14-10-7-11-15-34)29-38(40)21-19-35-18-20-36(30-41(35)43)31(2)33-12-8-6-9-13-33/h6-18,20,22-25,29-31,42-43H,5,19,21,26-28H2,1-4H3. The molecule has 0 saturated carbocycles. The Morgan fingerprint density at radius 3 is 2.20 bits per heavy atom. The van der Waals surface area contributed by atoms with E-state index < -0.39 is 6.10 Å². The third-order valence-electron chi connectivity index (χ3n) is 9.80. The van der Waals surface area contributed by atoms with Crippen molar-refractivity contribution in [3.63, 3.8) is 0 Å². The highest BCUT2D eigenvalue weighted by Gasteiger charge is 2.28. The van der Waals surface area contributed by atoms with E-state index in [0.717, 1.165) is 30.7 Å². The molecule has 5 aromatic carbocycles. The first-order valence-electron chi connectivity index (χ1n) is 17.4. The lowest BCUT2D eigenvalue weighted by Crippen LogP contribution is -2.30. The fraction of sp³-hybridized carbons (Fsp3) is 0.295. The molecule has 0 bridgehead atoms. The van der Waals surface area contributed by atoms with Crippen LogP contribution in [0.4, 0.5) is 0 Å². The summed E-state index contributed by atoms with van der Waals surface area (Å²) in [6.45, 7) is 5.73. The van der Waals surface area contributed by atoms with Crippen molar-refractivity contribution in [3.05, 3.63) is 160 Å². The molecule has 0 fully saturated rings. The molecule has 5 nitrogen and oxygen atoms in total. The zero-order valence-corrected chi connectivity index (χ0v) is 29.1. The molecule has 0 saturated heterocycles. The molecule has 6 rings (SSSR count). The van der Waals surface area contributed by atoms with Gasteiger partial charge >= 0.3 is 5.97 Å². The van der Waals surface area contributed by atoms with Crippen LogP contribution in [0.3, 0.4) is 0 Å². The Balaban J connectivity index is 1.24. The second-order valence-corrected chi connectivity index (χ2v) is 12.9. The molecule has 49 heavy (non-hydrogen) atoms. The Kier molecular flexibility index (Phi) is 11.2. The monoisotopic (exact) mass is 653 g/mol. The summed E-state index contributed by atoms with van der Waals surface area (Å²) in [5.74, 6) is 0.756. The lowest BCUT2D eigenvalue weighted by atomic mass is 9.87. The van der Waals surface area contributed by atoms with Crippen LogP contribution in [-0.4, -0.2) is 50.9 Å². The minimum absolute atomic E-state index is 0.0973. The number of carbonyl (C=O) groups is 1. The predicted octanol–water partition coefficient (Wildman–Crippen LogP) is 8.82. The van der Waals surface area contributed by atoms with Gasteiger partial charge in [-0.05, 0) is 89.0 Å². The summed E-state index contributed by atoms with van der Waals surface area (Å²) in [6.07, 6.45) is 1.85. The SMILES string of the molecule is CCOC(=O)C(Cc1ccc(OCCN(C)C2c3ccc(-c4ccccc4)cc3CCc3ccc(C(C)c4ccccc4)cc32)cc1)OC. The number of carbonyl (C=O) groups excluding carboxylic acids is 1. The number of benzene rings is 5. The first-order valence-corrected chi connectivity index (χ1v) is 17.4. The van der Waals surface area contributed by atoms with E-state index in [4.69, 9.17) is 14.2 Å². The van der Waals surface area contributed by atoms with Gasteiger partial charge in [-0.3, -0.25) is 4.90 Å². The number of fused-ring (bicyclic) bond motifs is 2. The molecule has 1 aliphatic rings. The summed E-state index contributed by atoms with van der Waals surface area (Å²) in [5, 5.41) is 0. The number of hydrogen-bond acceptors (Lipinski definition) is 5. The highest BCUT2D eigenvalue weighted by Crippen LogP contribution is 2.39. The topological polar surface area (TPSA) is 48.0 Å². The summed E-state index contributed by atoms with van der Waals surface area (Å²) in [6, 6.07) is 43.6. The first-order chi connectivity index (χ1) is 23.9. The number of aryl methyl sites for hydroxylation is 2. The summed E-state index contributed by atoms with van der Waals surface area (Å²) in [5.41, 5.74) is 11.7. The van der Waals surface area contributed by atoms with Gasteiger partial charge in [0.05, 0.1) is 12.6 Å². The Bertz CT molecular complexity index is 1820. The fourth-order valence-corrected chi connectivity index (χ4v) is 6.98. The largest absolute Gasteiger partial charge is 0.492 e. The van der Waals surface area contributed by atoms with Crippen molar-refractivity contribution in [3.8, 4) is 16.9 Å². The second kappa shape index (κ2) is 16.1. The van der Waals surface area contributed by atoms with E-state index in [2.05, 4.69) is 116 Å². The van der Waals surface area contributed by atoms with E-state index in [-0.39, 0.29) is 12.0 Å². The molecule has 0 aromatic heterocycles. The minimum Gasteiger partial charge on any atom is -0.492 e. The quantitative estimate of drug-likeness (QED) is 0.119. The van der Waals surface area contributed by atoms with Crippen LogP contribution in [-0.2, 0) is 33.5 Å². The molecule has 3 unspecified atom stereocenters. The molecule has 0 radical (unpaired) electrons. The van der Waals surface area contributed by atoms with Gasteiger partial charge < -0.3 is 14.2 Å². The zero-order valence-electron chi connectivity index (χ0n) is 29.1. The van der Waals surface area contributed by atoms with Crippen molar-refractivity contribution < 1.29 is 19.0 Å². The maximum atomic E-state index is 12.2. The Morgan fingerprint density at radius 1 is 0.776 bits per heavy atom. The molecule has 0 aliphatic heterocycles. The number of esters is 1. The van der Waals surface area contributed by atoms with Gasteiger partial charge in [-0.25, -0.2) is 4.79 Å². The van der Waals surface area contributed by atoms with E-state index in [1.54, 1.807) is 6.92 Å². The molecule has 0 amide bonds. The van der Waals surface area contributed by atoms with E-state index in [1.165, 1.54) is 51.6 Å². The second-order valence-electron chi connectivity index (χ2n) is 12.9. The van der Waals surface area contributed by atoms with Crippen LogP contribution in [0.25, 0.3) is 11.1 Å². The van der Waals surface area contributed by atoms with E-state index >= 15 is 0 Å². The van der Waals surface area contributed by atoms with Gasteiger partial charge in [0.2, 0.25) is 0 Å². The number of hydrogen-bond donors (Lipinski definition) is 0. The molecule has 1 aliphatic carbocycles. The van der Waals surface area contributed by atoms with Crippen molar-refractivity contribution in [2.45, 2.75) is 51.2 Å². The van der Waals surface area contributed by atoms with Crippen LogP contribution in [0, 0.1) is 0 Å². The third-order valence-corrected chi connectivity index (χ3v) is 9.80. The maximum Gasteiger partial charge on any atom is 0.335 e. The van der Waals surface area contributed by atoms with Crippen molar-refractivity contribution in [1.29, 1.82) is 0 Å². The van der Waals surface area contributed by atoms with Crippen LogP contribution in [0.15, 0.2) is 121 Å². The van der Waals surface area contributed by atoms with E-state index in [1.807, 2.05) is 24.3 Å². The molecule has 5 aromatic rings. The first kappa shape index (κ1) is 34.2. The normalized spacial score (nSPS) is 15.1. The van der Waals surface area contributed by atoms with Crippen LogP contribution < -0.4 is 4.74 Å². The Labute approximate surface area is 291 Å². The lowest BCUT2D eigenvalue weighted by Gasteiger charge is -2.31. The smallest absolute Gasteiger partial charge is 0.335 e. The van der Waals surface area contributed by atoms with Gasteiger partial charge in [-0.1, -0.05) is 116 Å². The summed E-state index contributed by atoms with van der Waals surface area (Å²) in [7, 11) is 3.75. The third kappa shape index (κ3) is 8.13. The zero-order chi connectivity index (χ0) is 34.2. The maximum absolute atomic E-state index is 12.2. The molecule has 252 valence electrons. The van der Waals surface area contributed by atoms with Crippen molar-refractivity contribution in [2.75, 3.05) is 33.9 Å². The molecular weight excluding hydrogens is 606 g/mol. The molecule has 0 spiro atoms. The van der Waals surface area contributed by atoms with Crippen LogP contribution >= 0.6 is 0 Å². The van der Waals surface area contributed by atoms with Crippen LogP contribution in [0.5, 0.6) is 5.75 Å². The van der Waals surface area contributed by atoms with Gasteiger partial charge in [0.15, 0.2) is 6.10 Å². The van der Waals surface area contributed by atoms with Crippen molar-refractivity contribution >= 4 is 5.97 Å². The number of methoxy groups -OCH3 is 1. The van der Waals surface area contributed by atoms with Crippen LogP contribution in [0.2, 0.25) is 0 Å². The number of likely N-dealkylation sites (N-methyl/N-ethyl adjacent to an activating group) is 1. The average molecular weight is 654 g/mol. The molecule has 3 atom stereocenters. The van der Waals surface area contributed by atoms with Crippen molar-refractivity contribution in [2.24, 2.45) is 0 Å².